The molecular weight excluding hydrogens is 204 g/mol. The van der Waals surface area contributed by atoms with Crippen molar-refractivity contribution < 1.29 is 9.53 Å². The molecule has 0 aliphatic carbocycles. The highest BCUT2D eigenvalue weighted by atomic mass is 16.6. The number of amides is 1. The minimum Gasteiger partial charge on any atom is -0.437 e. The highest BCUT2D eigenvalue weighted by molar-refractivity contribution is 6.19. The molecule has 1 fully saturated rings. The van der Waals surface area contributed by atoms with Gasteiger partial charge in [-0.2, -0.15) is 0 Å². The number of nitrogens with zero attached hydrogens (tertiary/aromatic N) is 1. The molecule has 1 unspecified atom stereocenters. The smallest absolute Gasteiger partial charge is 0.420 e. The van der Waals surface area contributed by atoms with Gasteiger partial charge in [-0.15, -0.1) is 0 Å². The molecule has 0 radical (unpaired) electrons. The number of carbonyl (C=O) groups is 1. The molecule has 1 saturated heterocycles. The van der Waals surface area contributed by atoms with Gasteiger partial charge in [0.25, 0.3) is 0 Å². The van der Waals surface area contributed by atoms with E-state index in [-0.39, 0.29) is 11.8 Å². The Labute approximate surface area is 94.3 Å². The fourth-order valence-corrected chi connectivity index (χ4v) is 1.72. The molecule has 2 rings (SSSR count). The van der Waals surface area contributed by atoms with E-state index in [9.17, 15) is 4.79 Å². The summed E-state index contributed by atoms with van der Waals surface area (Å²) in [6, 6.07) is 9.11. The number of hydrogen-bond donors (Lipinski definition) is 1. The van der Waals surface area contributed by atoms with Gasteiger partial charge >= 0.3 is 6.09 Å². The van der Waals surface area contributed by atoms with Crippen LogP contribution in [0.5, 0.6) is 0 Å². The van der Waals surface area contributed by atoms with Gasteiger partial charge < -0.3 is 4.74 Å². The second kappa shape index (κ2) is 3.96. The first-order chi connectivity index (χ1) is 7.61. The molecule has 16 heavy (non-hydrogen) atoms. The first-order valence-corrected chi connectivity index (χ1v) is 5.25. The van der Waals surface area contributed by atoms with Crippen molar-refractivity contribution in [2.45, 2.75) is 20.0 Å². The Morgan fingerprint density at radius 1 is 1.31 bits per heavy atom. The van der Waals surface area contributed by atoms with Crippen molar-refractivity contribution in [2.24, 2.45) is 5.92 Å². The molecule has 1 N–H and O–H groups in total. The van der Waals surface area contributed by atoms with E-state index >= 15 is 0 Å². The Kier molecular flexibility index (Phi) is 2.64. The molecule has 4 heteroatoms. The van der Waals surface area contributed by atoms with E-state index in [1.54, 1.807) is 12.1 Å². The molecule has 4 nitrogen and oxygen atoms in total. The summed E-state index contributed by atoms with van der Waals surface area (Å²) in [7, 11) is 0. The van der Waals surface area contributed by atoms with Crippen LogP contribution in [0.4, 0.5) is 10.5 Å². The second-order valence-corrected chi connectivity index (χ2v) is 4.10. The molecule has 0 saturated carbocycles. The van der Waals surface area contributed by atoms with Gasteiger partial charge in [-0.05, 0) is 18.1 Å². The van der Waals surface area contributed by atoms with Gasteiger partial charge in [0.2, 0.25) is 0 Å². The maximum atomic E-state index is 11.7. The third-order valence-electron chi connectivity index (χ3n) is 2.54. The molecule has 1 aromatic rings. The van der Waals surface area contributed by atoms with Crippen molar-refractivity contribution in [3.63, 3.8) is 0 Å². The lowest BCUT2D eigenvalue weighted by atomic mass is 10.1. The minimum absolute atomic E-state index is 0.116. The standard InChI is InChI=1S/C12H14N2O2/c1-8(2)10-11(13)14(12(15)16-10)9-6-4-3-5-7-9/h3-8,10,13H,1-2H3. The summed E-state index contributed by atoms with van der Waals surface area (Å²) >= 11 is 0. The van der Waals surface area contributed by atoms with E-state index in [4.69, 9.17) is 10.1 Å². The van der Waals surface area contributed by atoms with E-state index in [2.05, 4.69) is 0 Å². The third kappa shape index (κ3) is 1.66. The Morgan fingerprint density at radius 2 is 1.94 bits per heavy atom. The van der Waals surface area contributed by atoms with Crippen molar-refractivity contribution >= 4 is 17.6 Å². The second-order valence-electron chi connectivity index (χ2n) is 4.10. The van der Waals surface area contributed by atoms with Crippen LogP contribution < -0.4 is 4.90 Å². The number of rotatable bonds is 2. The van der Waals surface area contributed by atoms with Gasteiger partial charge in [0, 0.05) is 0 Å². The van der Waals surface area contributed by atoms with Crippen LogP contribution in [-0.4, -0.2) is 18.0 Å². The van der Waals surface area contributed by atoms with Crippen LogP contribution >= 0.6 is 0 Å². The molecule has 84 valence electrons. The number of cyclic esters (lactones) is 1. The topological polar surface area (TPSA) is 53.4 Å². The molecule has 1 aromatic carbocycles. The normalized spacial score (nSPS) is 20.4. The number of benzene rings is 1. The summed E-state index contributed by atoms with van der Waals surface area (Å²) in [5, 5.41) is 7.94. The summed E-state index contributed by atoms with van der Waals surface area (Å²) in [5.41, 5.74) is 0.681. The minimum atomic E-state index is -0.463. The average Bonchev–Trinajstić information content (AvgIpc) is 2.56. The van der Waals surface area contributed by atoms with Crippen molar-refractivity contribution in [1.82, 2.24) is 0 Å². The maximum Gasteiger partial charge on any atom is 0.420 e. The van der Waals surface area contributed by atoms with Gasteiger partial charge in [-0.1, -0.05) is 32.0 Å². The molecular formula is C12H14N2O2. The van der Waals surface area contributed by atoms with Crippen molar-refractivity contribution in [3.05, 3.63) is 30.3 Å². The maximum absolute atomic E-state index is 11.7. The number of para-hydroxylation sites is 1. The molecule has 0 spiro atoms. The zero-order chi connectivity index (χ0) is 11.7. The van der Waals surface area contributed by atoms with Crippen LogP contribution in [0, 0.1) is 11.3 Å². The Hall–Kier alpha value is -1.84. The monoisotopic (exact) mass is 218 g/mol. The molecule has 1 aliphatic rings. The average molecular weight is 218 g/mol. The highest BCUT2D eigenvalue weighted by Gasteiger charge is 2.39. The zero-order valence-corrected chi connectivity index (χ0v) is 9.31. The largest absolute Gasteiger partial charge is 0.437 e. The van der Waals surface area contributed by atoms with E-state index < -0.39 is 12.2 Å². The number of hydrogen-bond acceptors (Lipinski definition) is 3. The van der Waals surface area contributed by atoms with Gasteiger partial charge in [0.15, 0.2) is 11.9 Å². The summed E-state index contributed by atoms with van der Waals surface area (Å²) in [6.45, 7) is 3.86. The lowest BCUT2D eigenvalue weighted by molar-refractivity contribution is 0.132. The first kappa shape index (κ1) is 10.7. The zero-order valence-electron chi connectivity index (χ0n) is 9.31. The van der Waals surface area contributed by atoms with Crippen LogP contribution in [0.2, 0.25) is 0 Å². The summed E-state index contributed by atoms with van der Waals surface area (Å²) in [6.07, 6.45) is -0.900. The molecule has 0 bridgehead atoms. The summed E-state index contributed by atoms with van der Waals surface area (Å²) < 4.78 is 5.16. The SMILES string of the molecule is CC(C)C1OC(=O)N(c2ccccc2)C1=N. The summed E-state index contributed by atoms with van der Waals surface area (Å²) in [5.74, 6) is 0.330. The quantitative estimate of drug-likeness (QED) is 0.829. The molecule has 0 aromatic heterocycles. The number of ether oxygens (including phenoxy) is 1. The van der Waals surface area contributed by atoms with E-state index in [1.165, 1.54) is 4.90 Å². The van der Waals surface area contributed by atoms with Gasteiger partial charge in [0.05, 0.1) is 5.69 Å². The van der Waals surface area contributed by atoms with Gasteiger partial charge in [-0.25, -0.2) is 9.69 Å². The van der Waals surface area contributed by atoms with Crippen molar-refractivity contribution in [2.75, 3.05) is 4.90 Å². The Morgan fingerprint density at radius 3 is 2.44 bits per heavy atom. The lowest BCUT2D eigenvalue weighted by Crippen LogP contribution is -2.32. The van der Waals surface area contributed by atoms with Crippen LogP contribution in [0.3, 0.4) is 0 Å². The van der Waals surface area contributed by atoms with Crippen LogP contribution in [-0.2, 0) is 4.74 Å². The van der Waals surface area contributed by atoms with Crippen LogP contribution in [0.15, 0.2) is 30.3 Å². The predicted octanol–water partition coefficient (Wildman–Crippen LogP) is 2.65. The third-order valence-corrected chi connectivity index (χ3v) is 2.54. The fourth-order valence-electron chi connectivity index (χ4n) is 1.72. The Bertz CT molecular complexity index is 414. The predicted molar refractivity (Wildman–Crippen MR) is 61.8 cm³/mol. The van der Waals surface area contributed by atoms with Crippen molar-refractivity contribution in [1.29, 1.82) is 5.41 Å². The lowest BCUT2D eigenvalue weighted by Gasteiger charge is -2.14. The Balaban J connectivity index is 2.30. The van der Waals surface area contributed by atoms with Crippen LogP contribution in [0.1, 0.15) is 13.8 Å². The van der Waals surface area contributed by atoms with Crippen molar-refractivity contribution in [3.8, 4) is 0 Å². The van der Waals surface area contributed by atoms with E-state index in [0.29, 0.717) is 5.69 Å². The van der Waals surface area contributed by atoms with Gasteiger partial charge in [-0.3, -0.25) is 5.41 Å². The number of anilines is 1. The highest BCUT2D eigenvalue weighted by Crippen LogP contribution is 2.25. The van der Waals surface area contributed by atoms with E-state index in [1.807, 2.05) is 32.0 Å². The molecule has 1 atom stereocenters. The van der Waals surface area contributed by atoms with Crippen LogP contribution in [0.25, 0.3) is 0 Å². The number of amidine groups is 1. The first-order valence-electron chi connectivity index (χ1n) is 5.25. The molecule has 1 aliphatic heterocycles. The number of nitrogens with one attached hydrogen (secondary N) is 1. The number of carbonyl (C=O) groups excluding carboxylic acids is 1. The fraction of sp³-hybridized carbons (Fsp3) is 0.333. The molecule has 1 amide bonds. The summed E-state index contributed by atoms with van der Waals surface area (Å²) in [4.78, 5) is 13.0. The molecule has 1 heterocycles. The van der Waals surface area contributed by atoms with Gasteiger partial charge in [0.1, 0.15) is 0 Å². The van der Waals surface area contributed by atoms with E-state index in [0.717, 1.165) is 0 Å².